The van der Waals surface area contributed by atoms with Crippen molar-refractivity contribution >= 4 is 28.9 Å². The van der Waals surface area contributed by atoms with Crippen LogP contribution in [0.15, 0.2) is 67.0 Å². The highest BCUT2D eigenvalue weighted by Gasteiger charge is 2.18. The van der Waals surface area contributed by atoms with Crippen molar-refractivity contribution in [2.75, 3.05) is 81.6 Å². The highest BCUT2D eigenvalue weighted by molar-refractivity contribution is 6.04. The van der Waals surface area contributed by atoms with Crippen molar-refractivity contribution in [3.05, 3.63) is 83.8 Å². The molecule has 230 valence electrons. The van der Waals surface area contributed by atoms with Crippen LogP contribution in [0.3, 0.4) is 0 Å². The molecule has 4 aromatic rings. The topological polar surface area (TPSA) is 122 Å². The molecule has 2 aromatic heterocycles. The number of nitrogens with one attached hydrogen (secondary N) is 3. The molecule has 2 fully saturated rings. The molecule has 0 aliphatic carbocycles. The Bertz CT molecular complexity index is 1530. The third kappa shape index (κ3) is 7.77. The number of hydrogen-bond donors (Lipinski definition) is 3. The Kier molecular flexibility index (Phi) is 9.73. The highest BCUT2D eigenvalue weighted by atomic mass is 16.5. The maximum Gasteiger partial charge on any atom is 0.255 e. The van der Waals surface area contributed by atoms with Crippen molar-refractivity contribution in [3.8, 4) is 5.82 Å². The summed E-state index contributed by atoms with van der Waals surface area (Å²) >= 11 is 0. The number of anilines is 4. The molecular weight excluding hydrogens is 558 g/mol. The van der Waals surface area contributed by atoms with Crippen molar-refractivity contribution in [1.82, 2.24) is 29.5 Å². The summed E-state index contributed by atoms with van der Waals surface area (Å²) in [5.74, 6) is 1.99. The first kappa shape index (κ1) is 29.7. The molecular formula is C32H39N9O3. The average Bonchev–Trinajstić information content (AvgIpc) is 3.46. The number of morpholine rings is 2. The van der Waals surface area contributed by atoms with E-state index >= 15 is 0 Å². The van der Waals surface area contributed by atoms with Crippen LogP contribution >= 0.6 is 0 Å². The molecule has 4 heterocycles. The number of aromatic nitrogens is 4. The second-order valence-electron chi connectivity index (χ2n) is 10.9. The fourth-order valence-corrected chi connectivity index (χ4v) is 5.25. The third-order valence-corrected chi connectivity index (χ3v) is 7.75. The van der Waals surface area contributed by atoms with Gasteiger partial charge in [0.05, 0.1) is 32.1 Å². The molecule has 0 atom stereocenters. The van der Waals surface area contributed by atoms with E-state index < -0.39 is 0 Å². The van der Waals surface area contributed by atoms with Crippen molar-refractivity contribution < 1.29 is 14.3 Å². The number of ether oxygens (including phenoxy) is 2. The molecule has 2 saturated heterocycles. The molecule has 12 nitrogen and oxygen atoms in total. The minimum absolute atomic E-state index is 0.159. The van der Waals surface area contributed by atoms with E-state index in [1.54, 1.807) is 18.5 Å². The first-order valence-corrected chi connectivity index (χ1v) is 15.1. The molecule has 2 aliphatic rings. The number of rotatable bonds is 11. The van der Waals surface area contributed by atoms with Gasteiger partial charge in [-0.2, -0.15) is 9.78 Å². The standard InChI is InChI=1S/C32H39N9O3/c1-24-7-8-26(36-32(42)25-5-3-2-4-6-25)19-28(24)37-31-20-27(22-40-13-17-44-18-14-40)38-41(31)30-21-29(34-23-35-30)33-9-10-39-11-15-43-16-12-39/h2-8,19-21,23,37H,9-18,22H2,1H3,(H,36,42)(H,33,34,35). The zero-order valence-corrected chi connectivity index (χ0v) is 25.0. The van der Waals surface area contributed by atoms with Crippen LogP contribution in [0.2, 0.25) is 0 Å². The summed E-state index contributed by atoms with van der Waals surface area (Å²) in [5, 5.41) is 15.0. The fraction of sp³-hybridized carbons (Fsp3) is 0.375. The van der Waals surface area contributed by atoms with Crippen molar-refractivity contribution in [1.29, 1.82) is 0 Å². The maximum atomic E-state index is 12.8. The Morgan fingerprint density at radius 3 is 2.41 bits per heavy atom. The minimum Gasteiger partial charge on any atom is -0.379 e. The summed E-state index contributed by atoms with van der Waals surface area (Å²) in [6.45, 7) is 11.0. The number of aryl methyl sites for hydroxylation is 1. The molecule has 2 aliphatic heterocycles. The van der Waals surface area contributed by atoms with Crippen LogP contribution in [0.4, 0.5) is 23.0 Å². The smallest absolute Gasteiger partial charge is 0.255 e. The van der Waals surface area contributed by atoms with Crippen LogP contribution in [0.1, 0.15) is 21.6 Å². The fourth-order valence-electron chi connectivity index (χ4n) is 5.25. The predicted molar refractivity (Wildman–Crippen MR) is 170 cm³/mol. The summed E-state index contributed by atoms with van der Waals surface area (Å²) in [4.78, 5) is 26.6. The molecule has 0 unspecified atom stereocenters. The van der Waals surface area contributed by atoms with Gasteiger partial charge in [-0.25, -0.2) is 9.97 Å². The Hall–Kier alpha value is -4.36. The van der Waals surface area contributed by atoms with Gasteiger partial charge in [0.25, 0.3) is 5.91 Å². The second-order valence-corrected chi connectivity index (χ2v) is 10.9. The van der Waals surface area contributed by atoms with Crippen molar-refractivity contribution in [2.45, 2.75) is 13.5 Å². The van der Waals surface area contributed by atoms with Crippen LogP contribution in [-0.4, -0.2) is 101 Å². The number of carbonyl (C=O) groups excluding carboxylic acids is 1. The van der Waals surface area contributed by atoms with E-state index in [0.29, 0.717) is 23.6 Å². The van der Waals surface area contributed by atoms with Crippen LogP contribution in [0, 0.1) is 6.92 Å². The van der Waals surface area contributed by atoms with E-state index in [9.17, 15) is 4.79 Å². The summed E-state index contributed by atoms with van der Waals surface area (Å²) in [7, 11) is 0. The molecule has 0 radical (unpaired) electrons. The molecule has 12 heteroatoms. The number of nitrogens with zero attached hydrogens (tertiary/aromatic N) is 6. The van der Waals surface area contributed by atoms with Gasteiger partial charge in [0.1, 0.15) is 18.0 Å². The van der Waals surface area contributed by atoms with E-state index in [4.69, 9.17) is 14.6 Å². The first-order chi connectivity index (χ1) is 21.6. The average molecular weight is 598 g/mol. The van der Waals surface area contributed by atoms with Crippen LogP contribution in [0.5, 0.6) is 0 Å². The Balaban J connectivity index is 1.22. The number of amides is 1. The molecule has 0 bridgehead atoms. The van der Waals surface area contributed by atoms with Gasteiger partial charge in [0.15, 0.2) is 5.82 Å². The minimum atomic E-state index is -0.159. The van der Waals surface area contributed by atoms with E-state index in [1.165, 1.54) is 0 Å². The summed E-state index contributed by atoms with van der Waals surface area (Å²) < 4.78 is 12.8. The van der Waals surface area contributed by atoms with E-state index in [-0.39, 0.29) is 5.91 Å². The Morgan fingerprint density at radius 2 is 1.64 bits per heavy atom. The van der Waals surface area contributed by atoms with Crippen LogP contribution in [-0.2, 0) is 16.0 Å². The van der Waals surface area contributed by atoms with E-state index in [0.717, 1.165) is 94.3 Å². The van der Waals surface area contributed by atoms with Gasteiger partial charge in [0, 0.05) is 74.9 Å². The molecule has 1 amide bonds. The monoisotopic (exact) mass is 597 g/mol. The van der Waals surface area contributed by atoms with Gasteiger partial charge in [-0.05, 0) is 36.8 Å². The zero-order chi connectivity index (χ0) is 30.1. The number of benzene rings is 2. The predicted octanol–water partition coefficient (Wildman–Crippen LogP) is 3.54. The lowest BCUT2D eigenvalue weighted by molar-refractivity contribution is 0.0336. The van der Waals surface area contributed by atoms with Crippen LogP contribution < -0.4 is 16.0 Å². The van der Waals surface area contributed by atoms with Crippen LogP contribution in [0.25, 0.3) is 5.82 Å². The lowest BCUT2D eigenvalue weighted by Crippen LogP contribution is -2.39. The van der Waals surface area contributed by atoms with Crippen molar-refractivity contribution in [3.63, 3.8) is 0 Å². The number of carbonyl (C=O) groups is 1. The summed E-state index contributed by atoms with van der Waals surface area (Å²) in [6.07, 6.45) is 1.56. The second kappa shape index (κ2) is 14.4. The summed E-state index contributed by atoms with van der Waals surface area (Å²) in [5.41, 5.74) is 4.10. The SMILES string of the molecule is Cc1ccc(NC(=O)c2ccccc2)cc1Nc1cc(CN2CCOCC2)nn1-c1cc(NCCN2CCOCC2)ncn1. The molecule has 0 saturated carbocycles. The normalized spacial score (nSPS) is 16.0. The molecule has 3 N–H and O–H groups in total. The zero-order valence-electron chi connectivity index (χ0n) is 25.0. The highest BCUT2D eigenvalue weighted by Crippen LogP contribution is 2.27. The Labute approximate surface area is 257 Å². The lowest BCUT2D eigenvalue weighted by atomic mass is 10.1. The summed E-state index contributed by atoms with van der Waals surface area (Å²) in [6, 6.07) is 19.0. The maximum absolute atomic E-state index is 12.8. The number of hydrogen-bond acceptors (Lipinski definition) is 10. The molecule has 0 spiro atoms. The van der Waals surface area contributed by atoms with E-state index in [2.05, 4.69) is 41.8 Å². The van der Waals surface area contributed by atoms with Gasteiger partial charge in [-0.1, -0.05) is 24.3 Å². The first-order valence-electron chi connectivity index (χ1n) is 15.1. The van der Waals surface area contributed by atoms with Gasteiger partial charge >= 0.3 is 0 Å². The van der Waals surface area contributed by atoms with Gasteiger partial charge in [-0.15, -0.1) is 0 Å². The molecule has 6 rings (SSSR count). The Morgan fingerprint density at radius 1 is 0.886 bits per heavy atom. The lowest BCUT2D eigenvalue weighted by Gasteiger charge is -2.26. The molecule has 2 aromatic carbocycles. The van der Waals surface area contributed by atoms with Gasteiger partial charge < -0.3 is 25.4 Å². The van der Waals surface area contributed by atoms with Gasteiger partial charge in [-0.3, -0.25) is 14.6 Å². The third-order valence-electron chi connectivity index (χ3n) is 7.75. The van der Waals surface area contributed by atoms with E-state index in [1.807, 2.05) is 54.1 Å². The quantitative estimate of drug-likeness (QED) is 0.237. The van der Waals surface area contributed by atoms with Crippen molar-refractivity contribution in [2.24, 2.45) is 0 Å². The largest absolute Gasteiger partial charge is 0.379 e. The van der Waals surface area contributed by atoms with Gasteiger partial charge in [0.2, 0.25) is 0 Å². The molecule has 44 heavy (non-hydrogen) atoms.